The number of likely N-dealkylation sites (tertiary alicyclic amines) is 1. The van der Waals surface area contributed by atoms with E-state index in [9.17, 15) is 14.7 Å². The molecule has 2 saturated heterocycles. The lowest BCUT2D eigenvalue weighted by Crippen LogP contribution is -3.18. The molecule has 21 heavy (non-hydrogen) atoms. The molecule has 1 aromatic carbocycles. The van der Waals surface area contributed by atoms with E-state index in [1.165, 1.54) is 0 Å². The lowest BCUT2D eigenvalue weighted by atomic mass is 9.84. The van der Waals surface area contributed by atoms with Crippen molar-refractivity contribution >= 4 is 23.4 Å². The first-order valence-electron chi connectivity index (χ1n) is 7.15. The average molecular weight is 310 g/mol. The van der Waals surface area contributed by atoms with Gasteiger partial charge >= 0.3 is 0 Å². The molecule has 2 heterocycles. The molecule has 2 amide bonds. The van der Waals surface area contributed by atoms with E-state index in [4.69, 9.17) is 11.6 Å². The molecule has 5 nitrogen and oxygen atoms in total. The molecule has 2 aliphatic heterocycles. The first-order valence-corrected chi connectivity index (χ1v) is 7.52. The monoisotopic (exact) mass is 309 g/mol. The second kappa shape index (κ2) is 5.40. The Morgan fingerprint density at radius 2 is 1.81 bits per heavy atom. The summed E-state index contributed by atoms with van der Waals surface area (Å²) >= 11 is 5.87. The fraction of sp³-hybridized carbons (Fsp3) is 0.467. The van der Waals surface area contributed by atoms with Crippen LogP contribution in [0.2, 0.25) is 5.02 Å². The maximum atomic E-state index is 11.7. The maximum absolute atomic E-state index is 11.7. The van der Waals surface area contributed by atoms with Gasteiger partial charge in [-0.15, -0.1) is 0 Å². The normalized spacial score (nSPS) is 33.0. The molecule has 0 unspecified atom stereocenters. The van der Waals surface area contributed by atoms with Crippen LogP contribution in [0.5, 0.6) is 0 Å². The smallest absolute Gasteiger partial charge is 0.285 e. The topological polar surface area (TPSA) is 70.8 Å². The molecule has 2 fully saturated rings. The van der Waals surface area contributed by atoms with Gasteiger partial charge in [0.15, 0.2) is 6.04 Å². The van der Waals surface area contributed by atoms with E-state index in [-0.39, 0.29) is 24.3 Å². The summed E-state index contributed by atoms with van der Waals surface area (Å²) in [5, 5.41) is 13.8. The molecule has 0 aromatic heterocycles. The van der Waals surface area contributed by atoms with Crippen LogP contribution in [0.3, 0.4) is 0 Å². The van der Waals surface area contributed by atoms with Crippen LogP contribution in [0.4, 0.5) is 0 Å². The van der Waals surface area contributed by atoms with E-state index < -0.39 is 5.60 Å². The van der Waals surface area contributed by atoms with Crippen LogP contribution in [-0.2, 0) is 15.2 Å². The van der Waals surface area contributed by atoms with E-state index in [2.05, 4.69) is 5.32 Å². The molecule has 0 aliphatic carbocycles. The Kier molecular flexibility index (Phi) is 3.73. The highest BCUT2D eigenvalue weighted by atomic mass is 35.5. The van der Waals surface area contributed by atoms with Gasteiger partial charge in [-0.2, -0.15) is 0 Å². The number of carbonyl (C=O) groups excluding carboxylic acids is 2. The summed E-state index contributed by atoms with van der Waals surface area (Å²) in [6, 6.07) is 6.94. The standard InChI is InChI=1S/C15H17ClN2O3/c16-11-3-1-10(2-4-11)15(21)5-7-18(8-6-15)12-9-13(19)17-14(12)20/h1-4,12,21H,5-9H2,(H,17,19,20)/p+1/t12-/m0/s1. The Balaban J connectivity index is 1.68. The molecule has 0 bridgehead atoms. The predicted octanol–water partition coefficient (Wildman–Crippen LogP) is -0.379. The van der Waals surface area contributed by atoms with E-state index in [0.29, 0.717) is 31.0 Å². The van der Waals surface area contributed by atoms with Crippen molar-refractivity contribution in [3.8, 4) is 0 Å². The lowest BCUT2D eigenvalue weighted by Gasteiger charge is -2.37. The Labute approximate surface area is 127 Å². The molecule has 112 valence electrons. The quantitative estimate of drug-likeness (QED) is 0.652. The van der Waals surface area contributed by atoms with Crippen LogP contribution >= 0.6 is 11.6 Å². The summed E-state index contributed by atoms with van der Waals surface area (Å²) < 4.78 is 0. The summed E-state index contributed by atoms with van der Waals surface area (Å²) in [6.07, 6.45) is 1.40. The van der Waals surface area contributed by atoms with Crippen molar-refractivity contribution in [3.63, 3.8) is 0 Å². The Morgan fingerprint density at radius 3 is 2.33 bits per heavy atom. The van der Waals surface area contributed by atoms with Gasteiger partial charge in [0, 0.05) is 17.9 Å². The van der Waals surface area contributed by atoms with E-state index >= 15 is 0 Å². The van der Waals surface area contributed by atoms with Crippen molar-refractivity contribution in [2.24, 2.45) is 0 Å². The number of benzene rings is 1. The average Bonchev–Trinajstić information content (AvgIpc) is 2.79. The number of carbonyl (C=O) groups is 2. The third kappa shape index (κ3) is 2.81. The highest BCUT2D eigenvalue weighted by Crippen LogP contribution is 2.30. The first-order chi connectivity index (χ1) is 9.98. The number of aliphatic hydroxyl groups is 1. The van der Waals surface area contributed by atoms with Gasteiger partial charge in [0.05, 0.1) is 19.5 Å². The zero-order valence-corrected chi connectivity index (χ0v) is 12.3. The molecule has 6 heteroatoms. The van der Waals surface area contributed by atoms with Crippen molar-refractivity contribution in [2.75, 3.05) is 13.1 Å². The Morgan fingerprint density at radius 1 is 1.19 bits per heavy atom. The number of hydrogen-bond donors (Lipinski definition) is 3. The van der Waals surface area contributed by atoms with E-state index in [1.54, 1.807) is 12.1 Å². The minimum Gasteiger partial charge on any atom is -0.385 e. The summed E-state index contributed by atoms with van der Waals surface area (Å²) in [5.74, 6) is -0.386. The van der Waals surface area contributed by atoms with Crippen molar-refractivity contribution in [1.29, 1.82) is 0 Å². The van der Waals surface area contributed by atoms with Gasteiger partial charge in [0.25, 0.3) is 5.91 Å². The highest BCUT2D eigenvalue weighted by molar-refractivity contribution is 6.30. The van der Waals surface area contributed by atoms with Crippen LogP contribution in [0, 0.1) is 0 Å². The number of rotatable bonds is 2. The fourth-order valence-corrected chi connectivity index (χ4v) is 3.39. The van der Waals surface area contributed by atoms with Gasteiger partial charge in [0.1, 0.15) is 5.60 Å². The molecule has 0 saturated carbocycles. The van der Waals surface area contributed by atoms with Gasteiger partial charge < -0.3 is 10.0 Å². The molecular weight excluding hydrogens is 292 g/mol. The van der Waals surface area contributed by atoms with Gasteiger partial charge in [-0.25, -0.2) is 0 Å². The third-order valence-corrected chi connectivity index (χ3v) is 4.81. The first kappa shape index (κ1) is 14.5. The number of amides is 2. The summed E-state index contributed by atoms with van der Waals surface area (Å²) in [5.41, 5.74) is -0.00871. The molecule has 3 rings (SSSR count). The fourth-order valence-electron chi connectivity index (χ4n) is 3.27. The summed E-state index contributed by atoms with van der Waals surface area (Å²) in [4.78, 5) is 24.1. The van der Waals surface area contributed by atoms with E-state index in [0.717, 1.165) is 10.5 Å². The second-order valence-electron chi connectivity index (χ2n) is 5.87. The minimum absolute atomic E-state index is 0.188. The van der Waals surface area contributed by atoms with Crippen LogP contribution in [0.1, 0.15) is 24.8 Å². The van der Waals surface area contributed by atoms with Crippen molar-refractivity contribution in [1.82, 2.24) is 5.32 Å². The van der Waals surface area contributed by atoms with Crippen molar-refractivity contribution in [2.45, 2.75) is 30.9 Å². The lowest BCUT2D eigenvalue weighted by molar-refractivity contribution is -0.922. The summed E-state index contributed by atoms with van der Waals surface area (Å²) in [6.45, 7) is 1.34. The molecule has 1 atom stereocenters. The van der Waals surface area contributed by atoms with Gasteiger partial charge in [-0.1, -0.05) is 23.7 Å². The molecule has 3 N–H and O–H groups in total. The van der Waals surface area contributed by atoms with Crippen molar-refractivity contribution < 1.29 is 19.6 Å². The molecule has 2 aliphatic rings. The Hall–Kier alpha value is -1.43. The van der Waals surface area contributed by atoms with Crippen molar-refractivity contribution in [3.05, 3.63) is 34.9 Å². The number of quaternary nitrogens is 1. The number of hydrogen-bond acceptors (Lipinski definition) is 3. The third-order valence-electron chi connectivity index (χ3n) is 4.56. The van der Waals surface area contributed by atoms with Crippen LogP contribution in [-0.4, -0.2) is 36.1 Å². The van der Waals surface area contributed by atoms with Gasteiger partial charge in [-0.3, -0.25) is 14.9 Å². The molecule has 0 radical (unpaired) electrons. The SMILES string of the molecule is O=C1C[C@H]([NH+]2CCC(O)(c3ccc(Cl)cc3)CC2)C(=O)N1. The molecule has 0 spiro atoms. The highest BCUT2D eigenvalue weighted by Gasteiger charge is 2.44. The minimum atomic E-state index is -0.868. The molecular formula is C15H18ClN2O3+. The van der Waals surface area contributed by atoms with Gasteiger partial charge in [0.2, 0.25) is 5.91 Å². The zero-order valence-electron chi connectivity index (χ0n) is 11.6. The zero-order chi connectivity index (χ0) is 15.0. The largest absolute Gasteiger partial charge is 0.385 e. The summed E-state index contributed by atoms with van der Waals surface area (Å²) in [7, 11) is 0. The van der Waals surface area contributed by atoms with Gasteiger partial charge in [-0.05, 0) is 17.7 Å². The number of nitrogens with one attached hydrogen (secondary N) is 2. The Bertz CT molecular complexity index is 565. The maximum Gasteiger partial charge on any atom is 0.285 e. The number of halogens is 1. The van der Waals surface area contributed by atoms with Crippen LogP contribution in [0.25, 0.3) is 0 Å². The van der Waals surface area contributed by atoms with E-state index in [1.807, 2.05) is 12.1 Å². The second-order valence-corrected chi connectivity index (χ2v) is 6.30. The molecule has 1 aromatic rings. The predicted molar refractivity (Wildman–Crippen MR) is 76.8 cm³/mol. The number of imide groups is 1. The number of piperidine rings is 1. The van der Waals surface area contributed by atoms with Crippen LogP contribution in [0.15, 0.2) is 24.3 Å². The van der Waals surface area contributed by atoms with Crippen LogP contribution < -0.4 is 10.2 Å².